The highest BCUT2D eigenvalue weighted by Crippen LogP contribution is 2.10. The van der Waals surface area contributed by atoms with Crippen LogP contribution in [0.3, 0.4) is 0 Å². The van der Waals surface area contributed by atoms with Crippen LogP contribution in [0, 0.1) is 12.7 Å². The van der Waals surface area contributed by atoms with Crippen molar-refractivity contribution < 1.29 is 9.18 Å². The van der Waals surface area contributed by atoms with Crippen LogP contribution in [0.4, 0.5) is 4.39 Å². The van der Waals surface area contributed by atoms with Crippen LogP contribution in [0.1, 0.15) is 15.9 Å². The molecular weight excluding hydrogens is 261 g/mol. The molecule has 0 saturated heterocycles. The molecular formula is C11H13BrFNO. The van der Waals surface area contributed by atoms with Crippen molar-refractivity contribution in [1.82, 2.24) is 4.90 Å². The fraction of sp³-hybridized carbons (Fsp3) is 0.364. The number of carbonyl (C=O) groups is 1. The lowest BCUT2D eigenvalue weighted by atomic mass is 10.1. The Bertz CT molecular complexity index is 347. The second-order valence-electron chi connectivity index (χ2n) is 3.43. The van der Waals surface area contributed by atoms with Gasteiger partial charge in [0.2, 0.25) is 0 Å². The summed E-state index contributed by atoms with van der Waals surface area (Å²) in [5.74, 6) is -0.525. The summed E-state index contributed by atoms with van der Waals surface area (Å²) in [6.45, 7) is 2.37. The molecule has 0 aliphatic rings. The fourth-order valence-corrected chi connectivity index (χ4v) is 1.84. The lowest BCUT2D eigenvalue weighted by molar-refractivity contribution is 0.0803. The highest BCUT2D eigenvalue weighted by molar-refractivity contribution is 9.09. The molecule has 0 aromatic heterocycles. The Labute approximate surface area is 97.2 Å². The van der Waals surface area contributed by atoms with Gasteiger partial charge in [-0.2, -0.15) is 0 Å². The minimum Gasteiger partial charge on any atom is -0.341 e. The van der Waals surface area contributed by atoms with Gasteiger partial charge in [-0.05, 0) is 30.7 Å². The second-order valence-corrected chi connectivity index (χ2v) is 4.23. The molecule has 0 aliphatic carbocycles. The summed E-state index contributed by atoms with van der Waals surface area (Å²) in [6, 6.07) is 4.36. The van der Waals surface area contributed by atoms with E-state index in [4.69, 9.17) is 0 Å². The number of benzene rings is 1. The van der Waals surface area contributed by atoms with Crippen molar-refractivity contribution in [2.45, 2.75) is 6.92 Å². The number of carbonyl (C=O) groups excluding carboxylic acids is 1. The monoisotopic (exact) mass is 273 g/mol. The van der Waals surface area contributed by atoms with E-state index in [2.05, 4.69) is 15.9 Å². The molecule has 0 radical (unpaired) electrons. The molecule has 1 aromatic carbocycles. The average molecular weight is 274 g/mol. The normalized spacial score (nSPS) is 10.1. The van der Waals surface area contributed by atoms with Crippen LogP contribution in [0.5, 0.6) is 0 Å². The Morgan fingerprint density at radius 1 is 1.47 bits per heavy atom. The summed E-state index contributed by atoms with van der Waals surface area (Å²) in [5.41, 5.74) is 1.15. The number of hydrogen-bond acceptors (Lipinski definition) is 1. The molecule has 0 unspecified atom stereocenters. The number of rotatable bonds is 3. The van der Waals surface area contributed by atoms with E-state index in [-0.39, 0.29) is 11.7 Å². The lowest BCUT2D eigenvalue weighted by Crippen LogP contribution is -2.28. The van der Waals surface area contributed by atoms with E-state index in [0.717, 1.165) is 5.56 Å². The standard InChI is InChI=1S/C11H13BrFNO/c1-8-5-9(7-10(13)6-8)11(15)14(2)4-3-12/h5-7H,3-4H2,1-2H3. The quantitative estimate of drug-likeness (QED) is 0.776. The summed E-state index contributed by atoms with van der Waals surface area (Å²) in [5, 5.41) is 0.712. The van der Waals surface area contributed by atoms with Gasteiger partial charge in [0.15, 0.2) is 0 Å². The predicted molar refractivity (Wildman–Crippen MR) is 61.9 cm³/mol. The van der Waals surface area contributed by atoms with Gasteiger partial charge in [-0.25, -0.2) is 4.39 Å². The predicted octanol–water partition coefficient (Wildman–Crippen LogP) is 2.60. The van der Waals surface area contributed by atoms with Gasteiger partial charge in [0.25, 0.3) is 5.91 Å². The van der Waals surface area contributed by atoms with Gasteiger partial charge in [-0.3, -0.25) is 4.79 Å². The molecule has 0 atom stereocenters. The Kier molecular flexibility index (Phi) is 4.27. The summed E-state index contributed by atoms with van der Waals surface area (Å²) < 4.78 is 13.1. The summed E-state index contributed by atoms with van der Waals surface area (Å²) >= 11 is 3.25. The van der Waals surface area contributed by atoms with Gasteiger partial charge in [0, 0.05) is 24.5 Å². The van der Waals surface area contributed by atoms with Crippen LogP contribution < -0.4 is 0 Å². The maximum Gasteiger partial charge on any atom is 0.253 e. The van der Waals surface area contributed by atoms with E-state index >= 15 is 0 Å². The molecule has 0 heterocycles. The summed E-state index contributed by atoms with van der Waals surface area (Å²) in [4.78, 5) is 13.3. The molecule has 0 bridgehead atoms. The van der Waals surface area contributed by atoms with Gasteiger partial charge >= 0.3 is 0 Å². The van der Waals surface area contributed by atoms with Crippen LogP contribution in [-0.2, 0) is 0 Å². The third-order valence-electron chi connectivity index (χ3n) is 2.06. The van der Waals surface area contributed by atoms with Gasteiger partial charge in [-0.1, -0.05) is 15.9 Å². The smallest absolute Gasteiger partial charge is 0.253 e. The van der Waals surface area contributed by atoms with Crippen LogP contribution >= 0.6 is 15.9 Å². The zero-order valence-electron chi connectivity index (χ0n) is 8.76. The van der Waals surface area contributed by atoms with E-state index in [1.807, 2.05) is 0 Å². The first-order valence-corrected chi connectivity index (χ1v) is 5.75. The summed E-state index contributed by atoms with van der Waals surface area (Å²) in [7, 11) is 1.70. The molecule has 1 aromatic rings. The lowest BCUT2D eigenvalue weighted by Gasteiger charge is -2.15. The molecule has 1 rings (SSSR count). The minimum absolute atomic E-state index is 0.156. The van der Waals surface area contributed by atoms with E-state index in [1.54, 1.807) is 24.9 Å². The Morgan fingerprint density at radius 3 is 2.67 bits per heavy atom. The molecule has 4 heteroatoms. The molecule has 0 saturated carbocycles. The molecule has 2 nitrogen and oxygen atoms in total. The van der Waals surface area contributed by atoms with E-state index in [1.165, 1.54) is 12.1 Å². The van der Waals surface area contributed by atoms with Gasteiger partial charge in [-0.15, -0.1) is 0 Å². The van der Waals surface area contributed by atoms with Crippen molar-refractivity contribution in [3.8, 4) is 0 Å². The molecule has 0 N–H and O–H groups in total. The minimum atomic E-state index is -0.370. The zero-order chi connectivity index (χ0) is 11.4. The molecule has 0 fully saturated rings. The van der Waals surface area contributed by atoms with Crippen molar-refractivity contribution in [2.24, 2.45) is 0 Å². The largest absolute Gasteiger partial charge is 0.341 e. The van der Waals surface area contributed by atoms with Gasteiger partial charge in [0.1, 0.15) is 5.82 Å². The first-order valence-electron chi connectivity index (χ1n) is 4.63. The van der Waals surface area contributed by atoms with Crippen molar-refractivity contribution >= 4 is 21.8 Å². The maximum atomic E-state index is 13.1. The SMILES string of the molecule is Cc1cc(F)cc(C(=O)N(C)CCBr)c1. The molecule has 0 aliphatic heterocycles. The first-order chi connectivity index (χ1) is 7.04. The molecule has 15 heavy (non-hydrogen) atoms. The van der Waals surface area contributed by atoms with Crippen molar-refractivity contribution in [1.29, 1.82) is 0 Å². The van der Waals surface area contributed by atoms with Gasteiger partial charge in [0.05, 0.1) is 0 Å². The Morgan fingerprint density at radius 2 is 2.13 bits per heavy atom. The molecule has 1 amide bonds. The van der Waals surface area contributed by atoms with Crippen LogP contribution in [-0.4, -0.2) is 29.7 Å². The maximum absolute atomic E-state index is 13.1. The van der Waals surface area contributed by atoms with E-state index in [0.29, 0.717) is 17.4 Å². The molecule has 0 spiro atoms. The third-order valence-corrected chi connectivity index (χ3v) is 2.41. The number of hydrogen-bond donors (Lipinski definition) is 0. The number of amides is 1. The number of aryl methyl sites for hydroxylation is 1. The van der Waals surface area contributed by atoms with Crippen molar-refractivity contribution in [3.63, 3.8) is 0 Å². The van der Waals surface area contributed by atoms with Gasteiger partial charge < -0.3 is 4.90 Å². The molecule has 82 valence electrons. The first kappa shape index (κ1) is 12.2. The Balaban J connectivity index is 2.90. The highest BCUT2D eigenvalue weighted by atomic mass is 79.9. The highest BCUT2D eigenvalue weighted by Gasteiger charge is 2.12. The number of nitrogens with zero attached hydrogens (tertiary/aromatic N) is 1. The van der Waals surface area contributed by atoms with Crippen LogP contribution in [0.15, 0.2) is 18.2 Å². The van der Waals surface area contributed by atoms with Crippen molar-refractivity contribution in [3.05, 3.63) is 35.1 Å². The third kappa shape index (κ3) is 3.30. The second kappa shape index (κ2) is 5.26. The topological polar surface area (TPSA) is 20.3 Å². The zero-order valence-corrected chi connectivity index (χ0v) is 10.3. The fourth-order valence-electron chi connectivity index (χ4n) is 1.31. The number of alkyl halides is 1. The average Bonchev–Trinajstić information content (AvgIpc) is 2.15. The van der Waals surface area contributed by atoms with Crippen molar-refractivity contribution in [2.75, 3.05) is 18.9 Å². The number of halogens is 2. The Hall–Kier alpha value is -0.900. The van der Waals surface area contributed by atoms with E-state index in [9.17, 15) is 9.18 Å². The van der Waals surface area contributed by atoms with E-state index < -0.39 is 0 Å². The van der Waals surface area contributed by atoms with Crippen LogP contribution in [0.25, 0.3) is 0 Å². The van der Waals surface area contributed by atoms with Crippen LogP contribution in [0.2, 0.25) is 0 Å². The summed E-state index contributed by atoms with van der Waals surface area (Å²) in [6.07, 6.45) is 0.